The Bertz CT molecular complexity index is 640. The van der Waals surface area contributed by atoms with Gasteiger partial charge in [-0.1, -0.05) is 24.3 Å². The number of rotatable bonds is 5. The standard InChI is InChI=1S/C18H24N4.HI/c1-14-6-4-5-7-17(14)13-22-18(19-3)21-11-9-16-8-10-20-12-15(16)2;/h4-8,10,12H,9,11,13H2,1-3H3,(H2,19,21,22);1H. The highest BCUT2D eigenvalue weighted by Gasteiger charge is 2.01. The maximum absolute atomic E-state index is 4.27. The normalized spacial score (nSPS) is 10.8. The van der Waals surface area contributed by atoms with Gasteiger partial charge in [-0.2, -0.15) is 0 Å². The summed E-state index contributed by atoms with van der Waals surface area (Å²) >= 11 is 0. The Morgan fingerprint density at radius 2 is 1.83 bits per heavy atom. The Balaban J connectivity index is 0.00000264. The molecule has 4 nitrogen and oxygen atoms in total. The third-order valence-electron chi connectivity index (χ3n) is 3.75. The van der Waals surface area contributed by atoms with Gasteiger partial charge in [-0.25, -0.2) is 0 Å². The summed E-state index contributed by atoms with van der Waals surface area (Å²) in [6.07, 6.45) is 4.70. The molecular weight excluding hydrogens is 399 g/mol. The maximum Gasteiger partial charge on any atom is 0.191 e. The van der Waals surface area contributed by atoms with E-state index in [0.29, 0.717) is 0 Å². The number of aliphatic imine (C=N–C) groups is 1. The van der Waals surface area contributed by atoms with Gasteiger partial charge >= 0.3 is 0 Å². The van der Waals surface area contributed by atoms with Crippen LogP contribution in [-0.2, 0) is 13.0 Å². The molecule has 0 aliphatic carbocycles. The van der Waals surface area contributed by atoms with E-state index in [0.717, 1.165) is 25.5 Å². The second kappa shape index (κ2) is 10.2. The van der Waals surface area contributed by atoms with Crippen LogP contribution in [0.2, 0.25) is 0 Å². The number of hydrogen-bond acceptors (Lipinski definition) is 2. The fourth-order valence-electron chi connectivity index (χ4n) is 2.31. The first-order valence-electron chi connectivity index (χ1n) is 7.59. The van der Waals surface area contributed by atoms with E-state index in [2.05, 4.69) is 64.8 Å². The van der Waals surface area contributed by atoms with Gasteiger partial charge in [0.15, 0.2) is 5.96 Å². The van der Waals surface area contributed by atoms with E-state index in [1.54, 1.807) is 7.05 Å². The maximum atomic E-state index is 4.27. The highest BCUT2D eigenvalue weighted by molar-refractivity contribution is 14.0. The topological polar surface area (TPSA) is 49.3 Å². The van der Waals surface area contributed by atoms with Crippen molar-refractivity contribution in [2.45, 2.75) is 26.8 Å². The number of halogens is 1. The molecule has 2 N–H and O–H groups in total. The minimum Gasteiger partial charge on any atom is -0.356 e. The molecule has 23 heavy (non-hydrogen) atoms. The summed E-state index contributed by atoms with van der Waals surface area (Å²) in [4.78, 5) is 8.39. The Kier molecular flexibility index (Phi) is 8.61. The highest BCUT2D eigenvalue weighted by Crippen LogP contribution is 2.06. The van der Waals surface area contributed by atoms with Crippen molar-refractivity contribution in [3.8, 4) is 0 Å². The molecule has 2 rings (SSSR count). The smallest absolute Gasteiger partial charge is 0.191 e. The van der Waals surface area contributed by atoms with Crippen LogP contribution in [0.1, 0.15) is 22.3 Å². The van der Waals surface area contributed by atoms with Gasteiger partial charge in [0.25, 0.3) is 0 Å². The lowest BCUT2D eigenvalue weighted by molar-refractivity contribution is 0.790. The van der Waals surface area contributed by atoms with E-state index in [9.17, 15) is 0 Å². The van der Waals surface area contributed by atoms with Crippen molar-refractivity contribution in [1.82, 2.24) is 15.6 Å². The number of guanidine groups is 1. The lowest BCUT2D eigenvalue weighted by Crippen LogP contribution is -2.38. The molecule has 1 aromatic carbocycles. The van der Waals surface area contributed by atoms with Crippen molar-refractivity contribution in [2.75, 3.05) is 13.6 Å². The Morgan fingerprint density at radius 3 is 2.52 bits per heavy atom. The van der Waals surface area contributed by atoms with Gasteiger partial charge < -0.3 is 10.6 Å². The molecule has 2 aromatic rings. The van der Waals surface area contributed by atoms with Crippen molar-refractivity contribution in [2.24, 2.45) is 4.99 Å². The van der Waals surface area contributed by atoms with Gasteiger partial charge in [0.1, 0.15) is 0 Å². The van der Waals surface area contributed by atoms with E-state index < -0.39 is 0 Å². The van der Waals surface area contributed by atoms with Gasteiger partial charge in [-0.3, -0.25) is 9.98 Å². The molecule has 1 heterocycles. The van der Waals surface area contributed by atoms with Crippen molar-refractivity contribution < 1.29 is 0 Å². The molecule has 1 aromatic heterocycles. The first-order valence-corrected chi connectivity index (χ1v) is 7.59. The Labute approximate surface area is 155 Å². The summed E-state index contributed by atoms with van der Waals surface area (Å²) in [6, 6.07) is 10.4. The summed E-state index contributed by atoms with van der Waals surface area (Å²) in [5.74, 6) is 0.829. The zero-order valence-corrected chi connectivity index (χ0v) is 16.3. The largest absolute Gasteiger partial charge is 0.356 e. The molecule has 0 aliphatic heterocycles. The third kappa shape index (κ3) is 6.17. The van der Waals surface area contributed by atoms with Crippen LogP contribution in [0.15, 0.2) is 47.7 Å². The Morgan fingerprint density at radius 1 is 1.04 bits per heavy atom. The summed E-state index contributed by atoms with van der Waals surface area (Å²) in [6.45, 7) is 5.84. The van der Waals surface area contributed by atoms with E-state index in [4.69, 9.17) is 0 Å². The molecule has 0 fully saturated rings. The number of aromatic nitrogens is 1. The van der Waals surface area contributed by atoms with Crippen molar-refractivity contribution in [3.63, 3.8) is 0 Å². The quantitative estimate of drug-likeness (QED) is 0.440. The number of aryl methyl sites for hydroxylation is 2. The number of pyridine rings is 1. The molecule has 5 heteroatoms. The van der Waals surface area contributed by atoms with Crippen LogP contribution < -0.4 is 10.6 Å². The van der Waals surface area contributed by atoms with Crippen molar-refractivity contribution in [1.29, 1.82) is 0 Å². The zero-order valence-electron chi connectivity index (χ0n) is 14.0. The summed E-state index contributed by atoms with van der Waals surface area (Å²) in [5.41, 5.74) is 5.12. The highest BCUT2D eigenvalue weighted by atomic mass is 127. The molecule has 0 bridgehead atoms. The molecule has 124 valence electrons. The van der Waals surface area contributed by atoms with Gasteiger partial charge in [-0.15, -0.1) is 24.0 Å². The van der Waals surface area contributed by atoms with Gasteiger partial charge in [0.2, 0.25) is 0 Å². The molecule has 0 amide bonds. The van der Waals surface area contributed by atoms with Crippen LogP contribution in [0, 0.1) is 13.8 Å². The van der Waals surface area contributed by atoms with E-state index in [1.807, 2.05) is 12.4 Å². The second-order valence-electron chi connectivity index (χ2n) is 5.33. The third-order valence-corrected chi connectivity index (χ3v) is 3.75. The number of benzene rings is 1. The zero-order chi connectivity index (χ0) is 15.8. The molecule has 0 spiro atoms. The van der Waals surface area contributed by atoms with E-state index in [-0.39, 0.29) is 24.0 Å². The number of hydrogen-bond donors (Lipinski definition) is 2. The first-order chi connectivity index (χ1) is 10.7. The fourth-order valence-corrected chi connectivity index (χ4v) is 2.31. The lowest BCUT2D eigenvalue weighted by Gasteiger charge is -2.13. The van der Waals surface area contributed by atoms with Gasteiger partial charge in [0.05, 0.1) is 0 Å². The number of nitrogens with zero attached hydrogens (tertiary/aromatic N) is 2. The molecule has 0 saturated carbocycles. The van der Waals surface area contributed by atoms with Crippen LogP contribution in [0.25, 0.3) is 0 Å². The molecule has 0 saturated heterocycles. The van der Waals surface area contributed by atoms with Crippen LogP contribution in [0.5, 0.6) is 0 Å². The average Bonchev–Trinajstić information content (AvgIpc) is 2.54. The van der Waals surface area contributed by atoms with Crippen molar-refractivity contribution in [3.05, 3.63) is 65.0 Å². The average molecular weight is 424 g/mol. The minimum absolute atomic E-state index is 0. The molecule has 0 atom stereocenters. The Hall–Kier alpha value is -1.63. The van der Waals surface area contributed by atoms with Crippen molar-refractivity contribution >= 4 is 29.9 Å². The minimum atomic E-state index is 0. The summed E-state index contributed by atoms with van der Waals surface area (Å²) in [5, 5.41) is 6.71. The van der Waals surface area contributed by atoms with Crippen LogP contribution in [0.4, 0.5) is 0 Å². The van der Waals surface area contributed by atoms with Crippen LogP contribution in [-0.4, -0.2) is 24.5 Å². The van der Waals surface area contributed by atoms with E-state index >= 15 is 0 Å². The number of nitrogens with one attached hydrogen (secondary N) is 2. The summed E-state index contributed by atoms with van der Waals surface area (Å²) in [7, 11) is 1.80. The molecule has 0 unspecified atom stereocenters. The SMILES string of the molecule is CN=C(NCCc1ccncc1C)NCc1ccccc1C.I. The second-order valence-corrected chi connectivity index (χ2v) is 5.33. The molecular formula is C18H25IN4. The van der Waals surface area contributed by atoms with Crippen LogP contribution >= 0.6 is 24.0 Å². The molecule has 0 aliphatic rings. The fraction of sp³-hybridized carbons (Fsp3) is 0.333. The predicted octanol–water partition coefficient (Wildman–Crippen LogP) is 3.22. The van der Waals surface area contributed by atoms with Gasteiger partial charge in [0, 0.05) is 32.5 Å². The predicted molar refractivity (Wildman–Crippen MR) is 107 cm³/mol. The molecule has 0 radical (unpaired) electrons. The lowest BCUT2D eigenvalue weighted by atomic mass is 10.1. The van der Waals surface area contributed by atoms with Gasteiger partial charge in [-0.05, 0) is 48.6 Å². The van der Waals surface area contributed by atoms with E-state index in [1.165, 1.54) is 22.3 Å². The monoisotopic (exact) mass is 424 g/mol. The van der Waals surface area contributed by atoms with Crippen LogP contribution in [0.3, 0.4) is 0 Å². The summed E-state index contributed by atoms with van der Waals surface area (Å²) < 4.78 is 0. The first kappa shape index (κ1) is 19.4.